The molecule has 3 rings (SSSR count). The predicted molar refractivity (Wildman–Crippen MR) is 86.6 cm³/mol. The lowest BCUT2D eigenvalue weighted by molar-refractivity contribution is -0.133. The molecule has 0 radical (unpaired) electrons. The Morgan fingerprint density at radius 3 is 2.73 bits per heavy atom. The lowest BCUT2D eigenvalue weighted by Crippen LogP contribution is -2.05. The molecule has 0 aliphatic rings. The number of carboxylic acids is 1. The Morgan fingerprint density at radius 1 is 1.18 bits per heavy atom. The van der Waals surface area contributed by atoms with Crippen molar-refractivity contribution in [3.8, 4) is 5.69 Å². The number of carboxylic acid groups (broad SMARTS) is 1. The van der Waals surface area contributed by atoms with Crippen LogP contribution in [0, 0.1) is 0 Å². The van der Waals surface area contributed by atoms with Crippen LogP contribution >= 0.6 is 11.8 Å². The first kappa shape index (κ1) is 14.6. The van der Waals surface area contributed by atoms with E-state index in [-0.39, 0.29) is 5.75 Å². The van der Waals surface area contributed by atoms with Crippen molar-refractivity contribution in [2.24, 2.45) is 0 Å². The molecule has 2 aromatic carbocycles. The standard InChI is InChI=1S/C16H15N3O2S/c1-2-14-17-18-16(22-10-15(20)21)19(14)13-9-5-7-11-6-3-4-8-12(11)13/h3-9H,2,10H2,1H3,(H,20,21). The Balaban J connectivity index is 2.16. The van der Waals surface area contributed by atoms with Crippen LogP contribution in [0.4, 0.5) is 0 Å². The summed E-state index contributed by atoms with van der Waals surface area (Å²) in [7, 11) is 0. The molecule has 0 atom stereocenters. The summed E-state index contributed by atoms with van der Waals surface area (Å²) < 4.78 is 1.95. The molecule has 0 fully saturated rings. The minimum Gasteiger partial charge on any atom is -0.481 e. The van der Waals surface area contributed by atoms with E-state index in [0.29, 0.717) is 5.16 Å². The van der Waals surface area contributed by atoms with E-state index in [1.54, 1.807) is 0 Å². The zero-order valence-electron chi connectivity index (χ0n) is 12.1. The smallest absolute Gasteiger partial charge is 0.313 e. The van der Waals surface area contributed by atoms with E-state index in [1.165, 1.54) is 11.8 Å². The minimum atomic E-state index is -0.865. The maximum absolute atomic E-state index is 10.8. The highest BCUT2D eigenvalue weighted by atomic mass is 32.2. The van der Waals surface area contributed by atoms with Gasteiger partial charge in [0.2, 0.25) is 0 Å². The van der Waals surface area contributed by atoms with Gasteiger partial charge >= 0.3 is 5.97 Å². The second-order valence-electron chi connectivity index (χ2n) is 4.77. The average Bonchev–Trinajstić information content (AvgIpc) is 2.95. The van der Waals surface area contributed by atoms with Gasteiger partial charge in [0.05, 0.1) is 11.4 Å². The molecule has 0 aliphatic carbocycles. The van der Waals surface area contributed by atoms with Crippen molar-refractivity contribution in [1.82, 2.24) is 14.8 Å². The normalized spacial score (nSPS) is 11.0. The summed E-state index contributed by atoms with van der Waals surface area (Å²) in [5, 5.41) is 20.1. The van der Waals surface area contributed by atoms with Crippen LogP contribution in [-0.2, 0) is 11.2 Å². The molecule has 22 heavy (non-hydrogen) atoms. The summed E-state index contributed by atoms with van der Waals surface area (Å²) in [6.07, 6.45) is 0.726. The van der Waals surface area contributed by atoms with E-state index >= 15 is 0 Å². The van der Waals surface area contributed by atoms with Crippen LogP contribution in [0.1, 0.15) is 12.7 Å². The highest BCUT2D eigenvalue weighted by Crippen LogP contribution is 2.28. The Kier molecular flexibility index (Phi) is 4.11. The number of rotatable bonds is 5. The molecule has 1 N–H and O–H groups in total. The van der Waals surface area contributed by atoms with Crippen molar-refractivity contribution in [1.29, 1.82) is 0 Å². The Hall–Kier alpha value is -2.34. The molecule has 3 aromatic rings. The summed E-state index contributed by atoms with van der Waals surface area (Å²) in [5.41, 5.74) is 0.979. The van der Waals surface area contributed by atoms with E-state index in [2.05, 4.69) is 28.4 Å². The topological polar surface area (TPSA) is 68.0 Å². The van der Waals surface area contributed by atoms with Crippen LogP contribution in [0.5, 0.6) is 0 Å². The molecule has 0 spiro atoms. The molecular weight excluding hydrogens is 298 g/mol. The summed E-state index contributed by atoms with van der Waals surface area (Å²) in [4.78, 5) is 10.8. The molecule has 0 bridgehead atoms. The van der Waals surface area contributed by atoms with Crippen LogP contribution < -0.4 is 0 Å². The number of thioether (sulfide) groups is 1. The second-order valence-corrected chi connectivity index (χ2v) is 5.71. The number of benzene rings is 2. The molecule has 1 aromatic heterocycles. The SMILES string of the molecule is CCc1nnc(SCC(=O)O)n1-c1cccc2ccccc12. The molecule has 1 heterocycles. The number of fused-ring (bicyclic) bond motifs is 1. The third-order valence-corrected chi connectivity index (χ3v) is 4.26. The summed E-state index contributed by atoms with van der Waals surface area (Å²) >= 11 is 1.18. The lowest BCUT2D eigenvalue weighted by atomic mass is 10.1. The number of aryl methyl sites for hydroxylation is 1. The van der Waals surface area contributed by atoms with Crippen molar-refractivity contribution in [3.05, 3.63) is 48.3 Å². The van der Waals surface area contributed by atoms with Crippen molar-refractivity contribution in [2.45, 2.75) is 18.5 Å². The van der Waals surface area contributed by atoms with E-state index in [9.17, 15) is 4.79 Å². The first-order valence-corrected chi connectivity index (χ1v) is 7.96. The van der Waals surface area contributed by atoms with Crippen molar-refractivity contribution < 1.29 is 9.90 Å². The van der Waals surface area contributed by atoms with Gasteiger partial charge in [0.1, 0.15) is 5.82 Å². The monoisotopic (exact) mass is 313 g/mol. The van der Waals surface area contributed by atoms with E-state index < -0.39 is 5.97 Å². The van der Waals surface area contributed by atoms with Crippen LogP contribution in [0.2, 0.25) is 0 Å². The number of nitrogens with zero attached hydrogens (tertiary/aromatic N) is 3. The maximum Gasteiger partial charge on any atom is 0.313 e. The fourth-order valence-electron chi connectivity index (χ4n) is 2.39. The zero-order chi connectivity index (χ0) is 15.5. The minimum absolute atomic E-state index is 0.0351. The maximum atomic E-state index is 10.8. The number of aliphatic carboxylic acids is 1. The second kappa shape index (κ2) is 6.19. The highest BCUT2D eigenvalue weighted by molar-refractivity contribution is 7.99. The Morgan fingerprint density at radius 2 is 1.95 bits per heavy atom. The highest BCUT2D eigenvalue weighted by Gasteiger charge is 2.16. The van der Waals surface area contributed by atoms with Gasteiger partial charge in [-0.3, -0.25) is 9.36 Å². The molecular formula is C16H15N3O2S. The number of hydrogen-bond donors (Lipinski definition) is 1. The fourth-order valence-corrected chi connectivity index (χ4v) is 3.08. The first-order valence-electron chi connectivity index (χ1n) is 6.97. The van der Waals surface area contributed by atoms with Gasteiger partial charge in [-0.2, -0.15) is 0 Å². The van der Waals surface area contributed by atoms with Gasteiger partial charge in [0, 0.05) is 11.8 Å². The third-order valence-electron chi connectivity index (χ3n) is 3.35. The fraction of sp³-hybridized carbons (Fsp3) is 0.188. The lowest BCUT2D eigenvalue weighted by Gasteiger charge is -2.12. The molecule has 112 valence electrons. The van der Waals surface area contributed by atoms with Crippen molar-refractivity contribution in [3.63, 3.8) is 0 Å². The number of carbonyl (C=O) groups is 1. The summed E-state index contributed by atoms with van der Waals surface area (Å²) in [6.45, 7) is 2.01. The van der Waals surface area contributed by atoms with Gasteiger partial charge in [-0.15, -0.1) is 10.2 Å². The van der Waals surface area contributed by atoms with Crippen molar-refractivity contribution >= 4 is 28.5 Å². The predicted octanol–water partition coefficient (Wildman–Crippen LogP) is 3.16. The summed E-state index contributed by atoms with van der Waals surface area (Å²) in [5.74, 6) is -0.0770. The molecule has 0 saturated carbocycles. The van der Waals surface area contributed by atoms with E-state index in [0.717, 1.165) is 28.7 Å². The Bertz CT molecular complexity index is 824. The molecule has 0 saturated heterocycles. The van der Waals surface area contributed by atoms with Gasteiger partial charge in [-0.05, 0) is 11.5 Å². The van der Waals surface area contributed by atoms with Gasteiger partial charge in [-0.1, -0.05) is 55.1 Å². The van der Waals surface area contributed by atoms with Gasteiger partial charge in [-0.25, -0.2) is 0 Å². The van der Waals surface area contributed by atoms with Gasteiger partial charge < -0.3 is 5.11 Å². The molecule has 0 unspecified atom stereocenters. The summed E-state index contributed by atoms with van der Waals surface area (Å²) in [6, 6.07) is 14.1. The molecule has 5 nitrogen and oxygen atoms in total. The number of aromatic nitrogens is 3. The van der Waals surface area contributed by atoms with Crippen molar-refractivity contribution in [2.75, 3.05) is 5.75 Å². The van der Waals surface area contributed by atoms with Crippen LogP contribution in [0.25, 0.3) is 16.5 Å². The third kappa shape index (κ3) is 2.69. The van der Waals surface area contributed by atoms with Crippen LogP contribution in [0.15, 0.2) is 47.6 Å². The average molecular weight is 313 g/mol. The Labute approximate surface area is 132 Å². The van der Waals surface area contributed by atoms with Gasteiger partial charge in [0.15, 0.2) is 5.16 Å². The number of hydrogen-bond acceptors (Lipinski definition) is 4. The molecule has 0 amide bonds. The largest absolute Gasteiger partial charge is 0.481 e. The zero-order valence-corrected chi connectivity index (χ0v) is 12.9. The van der Waals surface area contributed by atoms with Crippen LogP contribution in [-0.4, -0.2) is 31.6 Å². The quantitative estimate of drug-likeness (QED) is 0.733. The van der Waals surface area contributed by atoms with Gasteiger partial charge in [0.25, 0.3) is 0 Å². The molecule has 6 heteroatoms. The van der Waals surface area contributed by atoms with E-state index in [4.69, 9.17) is 5.11 Å². The van der Waals surface area contributed by atoms with Crippen LogP contribution in [0.3, 0.4) is 0 Å². The first-order chi connectivity index (χ1) is 10.7. The molecule has 0 aliphatic heterocycles. The van der Waals surface area contributed by atoms with E-state index in [1.807, 2.05) is 35.8 Å².